The summed E-state index contributed by atoms with van der Waals surface area (Å²) in [5.41, 5.74) is 5.60. The molecule has 0 aromatic carbocycles. The number of thiazole rings is 1. The molecule has 3 atom stereocenters. The Morgan fingerprint density at radius 3 is 2.80 bits per heavy atom. The minimum Gasteiger partial charge on any atom is -0.477 e. The smallest absolute Gasteiger partial charge is 0.355 e. The van der Waals surface area contributed by atoms with Gasteiger partial charge >= 0.3 is 11.9 Å². The second-order valence-electron chi connectivity index (χ2n) is 9.61. The zero-order valence-electron chi connectivity index (χ0n) is 23.7. The average Bonchev–Trinajstić information content (AvgIpc) is 3.81. The zero-order chi connectivity index (χ0) is 32.8. The Morgan fingerprint density at radius 1 is 1.30 bits per heavy atom. The van der Waals surface area contributed by atoms with Crippen molar-refractivity contribution in [2.45, 2.75) is 42.1 Å². The molecule has 46 heavy (non-hydrogen) atoms. The molecule has 0 bridgehead atoms. The largest absolute Gasteiger partial charge is 0.477 e. The van der Waals surface area contributed by atoms with Crippen LogP contribution in [0.15, 0.2) is 56.9 Å². The second-order valence-corrected chi connectivity index (χ2v) is 12.6. The SMILES string of the molecule is C=CCON=C(Cn1nnnc1SCC1=C(C(=O)O)N2C(=O)C(NC(=O)C(=NOC3C=CCC3)c3csc(N)n3)[C@H]2SC1)C(=O)O. The van der Waals surface area contributed by atoms with Crippen molar-refractivity contribution >= 4 is 75.2 Å². The van der Waals surface area contributed by atoms with Crippen LogP contribution >= 0.6 is 34.9 Å². The number of aliphatic carboxylic acids is 2. The molecule has 2 aromatic rings. The van der Waals surface area contributed by atoms with Crippen LogP contribution in [0.4, 0.5) is 5.13 Å². The molecular formula is C25H26N10O8S3. The zero-order valence-corrected chi connectivity index (χ0v) is 26.2. The molecule has 2 amide bonds. The standard InChI is InChI=1S/C25H26N10O8S3/c1-2-7-42-30-14(22(38)39)8-34-25(29-32-33-34)46-10-12-9-44-21-17(20(37)35(21)18(12)23(40)41)28-19(36)16(15-11-45-24(26)27-15)31-43-13-5-3-4-6-13/h2-3,5,11,13,17,21H,1,4,6-10H2,(H2,26,27)(H,28,36)(H,38,39)(H,40,41)/t13?,17?,21-/m1/s1. The van der Waals surface area contributed by atoms with Gasteiger partial charge < -0.3 is 30.9 Å². The minimum atomic E-state index is -1.34. The predicted molar refractivity (Wildman–Crippen MR) is 166 cm³/mol. The van der Waals surface area contributed by atoms with Crippen LogP contribution in [0.5, 0.6) is 0 Å². The molecule has 2 aromatic heterocycles. The van der Waals surface area contributed by atoms with Crippen LogP contribution in [0.2, 0.25) is 0 Å². The number of anilines is 1. The maximum Gasteiger partial charge on any atom is 0.355 e. The van der Waals surface area contributed by atoms with E-state index in [1.807, 2.05) is 12.2 Å². The van der Waals surface area contributed by atoms with Crippen LogP contribution in [0, 0.1) is 0 Å². The van der Waals surface area contributed by atoms with Crippen LogP contribution in [0.3, 0.4) is 0 Å². The summed E-state index contributed by atoms with van der Waals surface area (Å²) in [7, 11) is 0. The van der Waals surface area contributed by atoms with E-state index >= 15 is 0 Å². The van der Waals surface area contributed by atoms with Crippen LogP contribution in [-0.4, -0.2) is 111 Å². The van der Waals surface area contributed by atoms with E-state index in [0.717, 1.165) is 34.4 Å². The first-order chi connectivity index (χ1) is 22.2. The number of carbonyl (C=O) groups is 4. The molecule has 0 saturated carbocycles. The quantitative estimate of drug-likeness (QED) is 0.0491. The van der Waals surface area contributed by atoms with E-state index in [1.165, 1.54) is 22.5 Å². The average molecular weight is 691 g/mol. The molecule has 5 N–H and O–H groups in total. The molecule has 21 heteroatoms. The number of carbonyl (C=O) groups excluding carboxylic acids is 2. The molecule has 1 fully saturated rings. The lowest BCUT2D eigenvalue weighted by Gasteiger charge is -2.49. The predicted octanol–water partition coefficient (Wildman–Crippen LogP) is 0.325. The number of nitrogens with one attached hydrogen (secondary N) is 1. The highest BCUT2D eigenvalue weighted by molar-refractivity contribution is 8.01. The number of thioether (sulfide) groups is 2. The van der Waals surface area contributed by atoms with E-state index in [0.29, 0.717) is 12.0 Å². The van der Waals surface area contributed by atoms with Crippen molar-refractivity contribution in [1.82, 2.24) is 35.4 Å². The molecule has 0 spiro atoms. The van der Waals surface area contributed by atoms with Gasteiger partial charge in [0, 0.05) is 16.9 Å². The number of amides is 2. The monoisotopic (exact) mass is 690 g/mol. The number of hydrogen-bond donors (Lipinski definition) is 4. The third kappa shape index (κ3) is 7.21. The summed E-state index contributed by atoms with van der Waals surface area (Å²) < 4.78 is 1.18. The molecule has 2 aliphatic heterocycles. The third-order valence-corrected chi connectivity index (χ3v) is 9.61. The van der Waals surface area contributed by atoms with Crippen molar-refractivity contribution in [3.05, 3.63) is 47.2 Å². The molecule has 1 saturated heterocycles. The topological polar surface area (TPSA) is 250 Å². The number of rotatable bonds is 15. The van der Waals surface area contributed by atoms with Crippen LogP contribution in [-0.2, 0) is 35.4 Å². The lowest BCUT2D eigenvalue weighted by atomic mass is 10.0. The van der Waals surface area contributed by atoms with Gasteiger partial charge in [0.05, 0.1) is 6.54 Å². The number of β-lactam (4-membered cyclic amide) rings is 1. The van der Waals surface area contributed by atoms with Crippen LogP contribution < -0.4 is 11.1 Å². The normalized spacial score (nSPS) is 21.1. The van der Waals surface area contributed by atoms with Crippen LogP contribution in [0.25, 0.3) is 0 Å². The van der Waals surface area contributed by atoms with Crippen molar-refractivity contribution < 1.29 is 39.1 Å². The first kappa shape index (κ1) is 32.6. The van der Waals surface area contributed by atoms with Crippen molar-refractivity contribution in [1.29, 1.82) is 0 Å². The van der Waals surface area contributed by atoms with Gasteiger partial charge in [-0.2, -0.15) is 0 Å². The number of aromatic nitrogens is 5. The Hall–Kier alpha value is -4.76. The summed E-state index contributed by atoms with van der Waals surface area (Å²) >= 11 is 3.43. The molecular weight excluding hydrogens is 665 g/mol. The Bertz CT molecular complexity index is 1670. The third-order valence-electron chi connectivity index (χ3n) is 6.55. The van der Waals surface area contributed by atoms with E-state index in [1.54, 1.807) is 5.38 Å². The number of oxime groups is 2. The molecule has 3 aliphatic rings. The number of nitrogens with zero attached hydrogens (tertiary/aromatic N) is 8. The molecule has 18 nitrogen and oxygen atoms in total. The van der Waals surface area contributed by atoms with Gasteiger partial charge in [-0.3, -0.25) is 14.5 Å². The highest BCUT2D eigenvalue weighted by Gasteiger charge is 2.54. The van der Waals surface area contributed by atoms with Gasteiger partial charge in [-0.15, -0.1) is 28.2 Å². The summed E-state index contributed by atoms with van der Waals surface area (Å²) in [4.78, 5) is 66.1. The number of allylic oxidation sites excluding steroid dienone is 1. The van der Waals surface area contributed by atoms with E-state index in [-0.39, 0.29) is 63.9 Å². The maximum atomic E-state index is 13.3. The van der Waals surface area contributed by atoms with Gasteiger partial charge in [-0.25, -0.2) is 19.3 Å². The summed E-state index contributed by atoms with van der Waals surface area (Å²) in [5, 5.41) is 42.2. The first-order valence-corrected chi connectivity index (χ1v) is 16.3. The van der Waals surface area contributed by atoms with Gasteiger partial charge in [0.2, 0.25) is 5.16 Å². The number of carboxylic acids is 2. The van der Waals surface area contributed by atoms with E-state index in [2.05, 4.69) is 42.7 Å². The van der Waals surface area contributed by atoms with E-state index < -0.39 is 35.2 Å². The fourth-order valence-electron chi connectivity index (χ4n) is 4.41. The van der Waals surface area contributed by atoms with Crippen LogP contribution in [0.1, 0.15) is 18.5 Å². The number of tetrazole rings is 1. The number of carboxylic acid groups (broad SMARTS) is 2. The lowest BCUT2D eigenvalue weighted by Crippen LogP contribution is -2.71. The molecule has 2 unspecified atom stereocenters. The molecule has 1 aliphatic carbocycles. The lowest BCUT2D eigenvalue weighted by molar-refractivity contribution is -0.150. The van der Waals surface area contributed by atoms with E-state index in [9.17, 15) is 29.4 Å². The summed E-state index contributed by atoms with van der Waals surface area (Å²) in [6.45, 7) is 3.14. The Morgan fingerprint density at radius 2 is 2.13 bits per heavy atom. The Labute approximate surface area is 272 Å². The van der Waals surface area contributed by atoms with E-state index in [4.69, 9.17) is 15.4 Å². The highest BCUT2D eigenvalue weighted by atomic mass is 32.2. The van der Waals surface area contributed by atoms with Gasteiger partial charge in [0.25, 0.3) is 11.8 Å². The number of nitrogen functional groups attached to an aromatic ring is 1. The molecule has 5 rings (SSSR count). The highest BCUT2D eigenvalue weighted by Crippen LogP contribution is 2.41. The molecule has 242 valence electrons. The van der Waals surface area contributed by atoms with Crippen molar-refractivity contribution in [2.24, 2.45) is 10.3 Å². The Kier molecular flexibility index (Phi) is 10.3. The van der Waals surface area contributed by atoms with Gasteiger partial charge in [-0.05, 0) is 34.9 Å². The second kappa shape index (κ2) is 14.6. The number of hydrogen-bond acceptors (Lipinski definition) is 16. The van der Waals surface area contributed by atoms with Gasteiger partial charge in [0.1, 0.15) is 35.5 Å². The summed E-state index contributed by atoms with van der Waals surface area (Å²) in [6, 6.07) is -1.03. The minimum absolute atomic E-state index is 0.000852. The maximum absolute atomic E-state index is 13.3. The summed E-state index contributed by atoms with van der Waals surface area (Å²) in [6.07, 6.45) is 6.39. The fourth-order valence-corrected chi connectivity index (χ4v) is 7.32. The van der Waals surface area contributed by atoms with Crippen molar-refractivity contribution in [3.63, 3.8) is 0 Å². The summed E-state index contributed by atoms with van der Waals surface area (Å²) in [5.74, 6) is -3.71. The van der Waals surface area contributed by atoms with Crippen molar-refractivity contribution in [3.8, 4) is 0 Å². The fraction of sp³-hybridized carbons (Fsp3) is 0.360. The first-order valence-electron chi connectivity index (χ1n) is 13.4. The van der Waals surface area contributed by atoms with Gasteiger partial charge in [0.15, 0.2) is 16.6 Å². The number of nitrogens with two attached hydrogens (primary N) is 1. The Balaban J connectivity index is 1.27. The van der Waals surface area contributed by atoms with Crippen molar-refractivity contribution in [2.75, 3.05) is 23.8 Å². The molecule has 0 radical (unpaired) electrons. The van der Waals surface area contributed by atoms with Gasteiger partial charge in [-0.1, -0.05) is 40.8 Å². The molecule has 4 heterocycles. The number of fused-ring (bicyclic) bond motifs is 1.